The van der Waals surface area contributed by atoms with Gasteiger partial charge in [0.2, 0.25) is 0 Å². The highest BCUT2D eigenvalue weighted by molar-refractivity contribution is 6.06. The van der Waals surface area contributed by atoms with Crippen molar-refractivity contribution in [2.75, 3.05) is 7.11 Å². The number of esters is 1. The smallest absolute Gasteiger partial charge is 0.420 e. The van der Waals surface area contributed by atoms with Crippen LogP contribution in [0.4, 0.5) is 26.3 Å². The summed E-state index contributed by atoms with van der Waals surface area (Å²) in [4.78, 5) is 11.9. The molecule has 0 heterocycles. The molecule has 2 aromatic rings. The second-order valence-corrected chi connectivity index (χ2v) is 6.96. The van der Waals surface area contributed by atoms with Gasteiger partial charge in [-0.2, -0.15) is 26.3 Å². The van der Waals surface area contributed by atoms with Gasteiger partial charge in [-0.1, -0.05) is 12.1 Å². The fourth-order valence-corrected chi connectivity index (χ4v) is 3.70. The van der Waals surface area contributed by atoms with Gasteiger partial charge in [-0.15, -0.1) is 0 Å². The molecule has 0 atom stereocenters. The Balaban J connectivity index is 1.96. The first-order valence-electron chi connectivity index (χ1n) is 8.97. The molecule has 0 bridgehead atoms. The number of carbonyl (C=O) groups is 1. The van der Waals surface area contributed by atoms with E-state index in [-0.39, 0.29) is 42.0 Å². The zero-order chi connectivity index (χ0) is 21.4. The second-order valence-electron chi connectivity index (χ2n) is 6.96. The summed E-state index contributed by atoms with van der Waals surface area (Å²) in [6.07, 6.45) is -10.2. The van der Waals surface area contributed by atoms with Crippen LogP contribution in [0.25, 0.3) is 10.8 Å². The van der Waals surface area contributed by atoms with Crippen LogP contribution in [0.2, 0.25) is 0 Å². The third kappa shape index (κ3) is 4.43. The van der Waals surface area contributed by atoms with Crippen molar-refractivity contribution in [1.29, 1.82) is 0 Å². The van der Waals surface area contributed by atoms with Crippen molar-refractivity contribution < 1.29 is 40.6 Å². The average molecular weight is 420 g/mol. The van der Waals surface area contributed by atoms with Gasteiger partial charge in [-0.05, 0) is 54.7 Å². The van der Waals surface area contributed by atoms with Crippen LogP contribution in [-0.4, -0.2) is 25.4 Å². The van der Waals surface area contributed by atoms with E-state index in [0.29, 0.717) is 0 Å². The van der Waals surface area contributed by atoms with Crippen molar-refractivity contribution in [3.05, 3.63) is 41.5 Å². The molecule has 0 aromatic heterocycles. The first-order chi connectivity index (χ1) is 13.5. The van der Waals surface area contributed by atoms with E-state index in [1.165, 1.54) is 24.3 Å². The summed E-state index contributed by atoms with van der Waals surface area (Å²) < 4.78 is 90.0. The van der Waals surface area contributed by atoms with E-state index >= 15 is 0 Å². The maximum absolute atomic E-state index is 13.8. The molecule has 3 rings (SSSR count). The van der Waals surface area contributed by atoms with Gasteiger partial charge < -0.3 is 9.47 Å². The molecule has 0 saturated heterocycles. The van der Waals surface area contributed by atoms with Gasteiger partial charge in [0.05, 0.1) is 24.7 Å². The minimum Gasteiger partial charge on any atom is -0.490 e. The van der Waals surface area contributed by atoms with Crippen molar-refractivity contribution in [2.45, 2.75) is 44.1 Å². The summed E-state index contributed by atoms with van der Waals surface area (Å²) in [5.41, 5.74) is -1.08. The van der Waals surface area contributed by atoms with E-state index in [1.54, 1.807) is 0 Å². The first-order valence-corrected chi connectivity index (χ1v) is 8.97. The Morgan fingerprint density at radius 2 is 1.59 bits per heavy atom. The fourth-order valence-electron chi connectivity index (χ4n) is 3.70. The lowest BCUT2D eigenvalue weighted by Gasteiger charge is -2.31. The standard InChI is InChI=1S/C20H18F6O3/c1-28-18(27)15-4-2-3-14-13(15)9-10-16(17(14)20(24,25)26)29-12-7-5-11(6-8-12)19(21,22)23/h2-4,9-12H,5-8H2,1H3/t11-,12+. The first kappa shape index (κ1) is 21.3. The number of carbonyl (C=O) groups excluding carboxylic acids is 1. The van der Waals surface area contributed by atoms with Gasteiger partial charge in [0.1, 0.15) is 11.3 Å². The van der Waals surface area contributed by atoms with Crippen LogP contribution in [-0.2, 0) is 10.9 Å². The molecule has 0 aliphatic heterocycles. The van der Waals surface area contributed by atoms with Gasteiger partial charge in [0.25, 0.3) is 0 Å². The van der Waals surface area contributed by atoms with Crippen LogP contribution < -0.4 is 4.74 Å². The zero-order valence-electron chi connectivity index (χ0n) is 15.4. The highest BCUT2D eigenvalue weighted by Gasteiger charge is 2.42. The molecule has 0 radical (unpaired) electrons. The molecule has 3 nitrogen and oxygen atoms in total. The van der Waals surface area contributed by atoms with E-state index in [4.69, 9.17) is 4.74 Å². The quantitative estimate of drug-likeness (QED) is 0.442. The van der Waals surface area contributed by atoms with Crippen LogP contribution in [0, 0.1) is 5.92 Å². The lowest BCUT2D eigenvalue weighted by molar-refractivity contribution is -0.185. The molecule has 1 saturated carbocycles. The number of methoxy groups -OCH3 is 1. The number of fused-ring (bicyclic) bond motifs is 1. The van der Waals surface area contributed by atoms with Gasteiger partial charge in [-0.25, -0.2) is 4.79 Å². The molecular weight excluding hydrogens is 402 g/mol. The maximum atomic E-state index is 13.8. The zero-order valence-corrected chi connectivity index (χ0v) is 15.4. The number of halogens is 6. The summed E-state index contributed by atoms with van der Waals surface area (Å²) in [7, 11) is 1.13. The van der Waals surface area contributed by atoms with E-state index in [1.807, 2.05) is 0 Å². The maximum Gasteiger partial charge on any atom is 0.420 e. The molecule has 29 heavy (non-hydrogen) atoms. The second kappa shape index (κ2) is 7.76. The lowest BCUT2D eigenvalue weighted by atomic mass is 9.87. The third-order valence-electron chi connectivity index (χ3n) is 5.14. The molecule has 1 fully saturated rings. The van der Waals surface area contributed by atoms with Gasteiger partial charge >= 0.3 is 18.3 Å². The number of benzene rings is 2. The molecule has 0 N–H and O–H groups in total. The van der Waals surface area contributed by atoms with Gasteiger partial charge in [0, 0.05) is 0 Å². The van der Waals surface area contributed by atoms with Crippen molar-refractivity contribution in [3.8, 4) is 5.75 Å². The lowest BCUT2D eigenvalue weighted by Crippen LogP contribution is -2.32. The Hall–Kier alpha value is -2.45. The summed E-state index contributed by atoms with van der Waals surface area (Å²) in [6, 6.07) is 6.31. The van der Waals surface area contributed by atoms with Crippen LogP contribution in [0.5, 0.6) is 5.75 Å². The molecule has 1 aliphatic rings. The van der Waals surface area contributed by atoms with Crippen LogP contribution in [0.1, 0.15) is 41.6 Å². The minimum absolute atomic E-state index is 0.0156. The molecule has 0 spiro atoms. The Kier molecular flexibility index (Phi) is 5.69. The van der Waals surface area contributed by atoms with E-state index < -0.39 is 41.7 Å². The van der Waals surface area contributed by atoms with Gasteiger partial charge in [-0.3, -0.25) is 0 Å². The number of alkyl halides is 6. The number of hydrogen-bond acceptors (Lipinski definition) is 3. The Labute approximate surface area is 162 Å². The summed E-state index contributed by atoms with van der Waals surface area (Å²) in [5.74, 6) is -2.69. The molecule has 0 unspecified atom stereocenters. The molecule has 9 heteroatoms. The monoisotopic (exact) mass is 420 g/mol. The number of rotatable bonds is 3. The Morgan fingerprint density at radius 3 is 2.14 bits per heavy atom. The summed E-state index contributed by atoms with van der Waals surface area (Å²) >= 11 is 0. The predicted molar refractivity (Wildman–Crippen MR) is 92.7 cm³/mol. The summed E-state index contributed by atoms with van der Waals surface area (Å²) in [6.45, 7) is 0. The van der Waals surface area contributed by atoms with E-state index in [9.17, 15) is 31.1 Å². The topological polar surface area (TPSA) is 35.5 Å². The SMILES string of the molecule is COC(=O)c1cccc2c(C(F)(F)F)c(O[C@H]3CC[C@@H](C(F)(F)F)CC3)ccc12. The third-order valence-corrected chi connectivity index (χ3v) is 5.14. The summed E-state index contributed by atoms with van der Waals surface area (Å²) in [5, 5.41) is -0.179. The molecule has 0 amide bonds. The fraction of sp³-hybridized carbons (Fsp3) is 0.450. The van der Waals surface area contributed by atoms with E-state index in [0.717, 1.165) is 13.2 Å². The van der Waals surface area contributed by atoms with Gasteiger partial charge in [0.15, 0.2) is 0 Å². The molecule has 2 aromatic carbocycles. The average Bonchev–Trinajstić information content (AvgIpc) is 2.65. The normalized spacial score (nSPS) is 20.5. The van der Waals surface area contributed by atoms with Crippen molar-refractivity contribution in [3.63, 3.8) is 0 Å². The number of hydrogen-bond donors (Lipinski definition) is 0. The van der Waals surface area contributed by atoms with Crippen molar-refractivity contribution in [2.24, 2.45) is 5.92 Å². The van der Waals surface area contributed by atoms with Crippen molar-refractivity contribution in [1.82, 2.24) is 0 Å². The Morgan fingerprint density at radius 1 is 0.931 bits per heavy atom. The molecule has 158 valence electrons. The Bertz CT molecular complexity index is 895. The van der Waals surface area contributed by atoms with Crippen LogP contribution in [0.3, 0.4) is 0 Å². The minimum atomic E-state index is -4.78. The highest BCUT2D eigenvalue weighted by atomic mass is 19.4. The number of ether oxygens (including phenoxy) is 2. The van der Waals surface area contributed by atoms with E-state index in [2.05, 4.69) is 4.74 Å². The van der Waals surface area contributed by atoms with Crippen molar-refractivity contribution >= 4 is 16.7 Å². The molecule has 1 aliphatic carbocycles. The van der Waals surface area contributed by atoms with Crippen LogP contribution in [0.15, 0.2) is 30.3 Å². The largest absolute Gasteiger partial charge is 0.490 e. The van der Waals surface area contributed by atoms with Crippen LogP contribution >= 0.6 is 0 Å². The predicted octanol–water partition coefficient (Wildman–Crippen LogP) is 6.15. The molecular formula is C20H18F6O3. The highest BCUT2D eigenvalue weighted by Crippen LogP contribution is 2.44.